The minimum Gasteiger partial charge on any atom is -0.108 e. The Morgan fingerprint density at radius 3 is 1.89 bits per heavy atom. The van der Waals surface area contributed by atoms with Crippen molar-refractivity contribution in [2.75, 3.05) is 0 Å². The Labute approximate surface area is 118 Å². The van der Waals surface area contributed by atoms with E-state index in [0.717, 1.165) is 0 Å². The Balaban J connectivity index is 1.88. The molecule has 0 aromatic heterocycles. The third-order valence-corrected chi connectivity index (χ3v) is 4.81. The van der Waals surface area contributed by atoms with E-state index in [4.69, 9.17) is 11.6 Å². The molecular formula is C18H13Cl. The van der Waals surface area contributed by atoms with Crippen LogP contribution < -0.4 is 0 Å². The van der Waals surface area contributed by atoms with E-state index in [-0.39, 0.29) is 10.3 Å². The van der Waals surface area contributed by atoms with Crippen molar-refractivity contribution in [3.8, 4) is 0 Å². The molecule has 4 rings (SSSR count). The molecule has 2 aliphatic carbocycles. The van der Waals surface area contributed by atoms with Crippen molar-refractivity contribution < 1.29 is 0 Å². The van der Waals surface area contributed by atoms with Crippen LogP contribution in [0.15, 0.2) is 78.9 Å². The zero-order valence-corrected chi connectivity index (χ0v) is 11.1. The molecule has 0 bridgehead atoms. The highest BCUT2D eigenvalue weighted by Gasteiger charge is 2.62. The minimum absolute atomic E-state index is 0.142. The summed E-state index contributed by atoms with van der Waals surface area (Å²) in [6.45, 7) is 0. The minimum atomic E-state index is -0.334. The van der Waals surface area contributed by atoms with E-state index >= 15 is 0 Å². The molecule has 0 heterocycles. The number of rotatable bonds is 2. The van der Waals surface area contributed by atoms with Gasteiger partial charge < -0.3 is 0 Å². The van der Waals surface area contributed by atoms with Crippen LogP contribution in [0.4, 0.5) is 0 Å². The molecule has 0 saturated heterocycles. The Kier molecular flexibility index (Phi) is 2.11. The van der Waals surface area contributed by atoms with Crippen molar-refractivity contribution in [3.05, 3.63) is 90.0 Å². The molecule has 2 aromatic rings. The third-order valence-electron chi connectivity index (χ3n) is 4.27. The summed E-state index contributed by atoms with van der Waals surface area (Å²) in [5.41, 5.74) is 3.70. The fourth-order valence-electron chi connectivity index (χ4n) is 3.22. The second kappa shape index (κ2) is 3.61. The number of fused-ring (bicyclic) bond motifs is 1. The molecule has 0 radical (unpaired) electrons. The summed E-state index contributed by atoms with van der Waals surface area (Å²) in [5, 5.41) is 0. The van der Waals surface area contributed by atoms with Gasteiger partial charge in [0.05, 0.1) is 10.3 Å². The van der Waals surface area contributed by atoms with Crippen LogP contribution in [-0.2, 0) is 5.41 Å². The lowest BCUT2D eigenvalue weighted by atomic mass is 9.49. The van der Waals surface area contributed by atoms with Gasteiger partial charge in [0.25, 0.3) is 0 Å². The largest absolute Gasteiger partial charge is 0.108 e. The summed E-state index contributed by atoms with van der Waals surface area (Å²) in [5.74, 6) is 0. The highest BCUT2D eigenvalue weighted by molar-refractivity contribution is 6.33. The summed E-state index contributed by atoms with van der Waals surface area (Å²) in [7, 11) is 0. The molecule has 2 atom stereocenters. The summed E-state index contributed by atoms with van der Waals surface area (Å²) >= 11 is 6.71. The predicted octanol–water partition coefficient (Wildman–Crippen LogP) is 4.57. The van der Waals surface area contributed by atoms with Crippen molar-refractivity contribution in [1.29, 1.82) is 0 Å². The predicted molar refractivity (Wildman–Crippen MR) is 80.3 cm³/mol. The number of hydrogen-bond donors (Lipinski definition) is 0. The van der Waals surface area contributed by atoms with Gasteiger partial charge in [0.1, 0.15) is 0 Å². The van der Waals surface area contributed by atoms with Crippen LogP contribution >= 0.6 is 11.6 Å². The fourth-order valence-corrected chi connectivity index (χ4v) is 3.66. The van der Waals surface area contributed by atoms with Crippen LogP contribution in [0.5, 0.6) is 0 Å². The molecule has 2 unspecified atom stereocenters. The van der Waals surface area contributed by atoms with Gasteiger partial charge in [-0.05, 0) is 16.7 Å². The number of allylic oxidation sites excluding steroid dienone is 4. The molecule has 1 heteroatoms. The maximum atomic E-state index is 6.71. The number of hydrogen-bond acceptors (Lipinski definition) is 0. The first-order chi connectivity index (χ1) is 9.26. The van der Waals surface area contributed by atoms with Gasteiger partial charge in [-0.15, -0.1) is 11.6 Å². The van der Waals surface area contributed by atoms with Gasteiger partial charge in [0.15, 0.2) is 0 Å². The first-order valence-corrected chi connectivity index (χ1v) is 6.88. The summed E-state index contributed by atoms with van der Waals surface area (Å²) in [4.78, 5) is -0.334. The smallest absolute Gasteiger partial charge is 0.0984 e. The average Bonchev–Trinajstić information content (AvgIpc) is 2.48. The second-order valence-corrected chi connectivity index (χ2v) is 5.82. The van der Waals surface area contributed by atoms with E-state index in [1.54, 1.807) is 0 Å². The molecule has 0 fully saturated rings. The Morgan fingerprint density at radius 1 is 0.737 bits per heavy atom. The van der Waals surface area contributed by atoms with Crippen LogP contribution in [0.2, 0.25) is 0 Å². The quantitative estimate of drug-likeness (QED) is 0.551. The van der Waals surface area contributed by atoms with Crippen LogP contribution in [0.25, 0.3) is 5.57 Å². The van der Waals surface area contributed by atoms with Crippen LogP contribution in [0.1, 0.15) is 11.1 Å². The second-order valence-electron chi connectivity index (χ2n) is 5.20. The number of alkyl halides is 1. The number of benzene rings is 2. The Bertz CT molecular complexity index is 684. The summed E-state index contributed by atoms with van der Waals surface area (Å²) in [6, 6.07) is 21.0. The molecule has 0 amide bonds. The lowest BCUT2D eigenvalue weighted by Crippen LogP contribution is -2.57. The van der Waals surface area contributed by atoms with Gasteiger partial charge in [-0.25, -0.2) is 0 Å². The van der Waals surface area contributed by atoms with Crippen LogP contribution in [0.3, 0.4) is 0 Å². The van der Waals surface area contributed by atoms with Gasteiger partial charge in [0, 0.05) is 0 Å². The van der Waals surface area contributed by atoms with Crippen LogP contribution in [0, 0.1) is 0 Å². The van der Waals surface area contributed by atoms with Crippen molar-refractivity contribution in [3.63, 3.8) is 0 Å². The molecule has 2 aromatic carbocycles. The fraction of sp³-hybridized carbons (Fsp3) is 0.111. The van der Waals surface area contributed by atoms with E-state index in [1.165, 1.54) is 16.7 Å². The molecule has 92 valence electrons. The van der Waals surface area contributed by atoms with E-state index in [9.17, 15) is 0 Å². The van der Waals surface area contributed by atoms with Gasteiger partial charge in [-0.1, -0.05) is 78.9 Å². The molecule has 19 heavy (non-hydrogen) atoms. The zero-order chi connectivity index (χ0) is 12.9. The molecule has 0 nitrogen and oxygen atoms in total. The van der Waals surface area contributed by atoms with Gasteiger partial charge in [-0.2, -0.15) is 0 Å². The topological polar surface area (TPSA) is 0 Å². The van der Waals surface area contributed by atoms with E-state index in [1.807, 2.05) is 12.1 Å². The van der Waals surface area contributed by atoms with Crippen molar-refractivity contribution in [1.82, 2.24) is 0 Å². The SMILES string of the molecule is ClC12C=CC1(c1ccccc1)C(c1ccccc1)=C2. The lowest BCUT2D eigenvalue weighted by molar-refractivity contribution is 0.510. The van der Waals surface area contributed by atoms with Crippen molar-refractivity contribution in [2.45, 2.75) is 10.3 Å². The van der Waals surface area contributed by atoms with E-state index in [2.05, 4.69) is 66.8 Å². The number of halogens is 1. The summed E-state index contributed by atoms with van der Waals surface area (Å²) in [6.07, 6.45) is 6.50. The van der Waals surface area contributed by atoms with E-state index in [0.29, 0.717) is 0 Å². The average molecular weight is 265 g/mol. The maximum absolute atomic E-state index is 6.71. The van der Waals surface area contributed by atoms with Gasteiger partial charge >= 0.3 is 0 Å². The molecular weight excluding hydrogens is 252 g/mol. The molecule has 0 N–H and O–H groups in total. The molecule has 0 aliphatic heterocycles. The maximum Gasteiger partial charge on any atom is 0.0984 e. The highest BCUT2D eigenvalue weighted by Crippen LogP contribution is 2.65. The normalized spacial score (nSPS) is 30.9. The highest BCUT2D eigenvalue weighted by atomic mass is 35.5. The van der Waals surface area contributed by atoms with Gasteiger partial charge in [-0.3, -0.25) is 0 Å². The third kappa shape index (κ3) is 1.25. The first-order valence-electron chi connectivity index (χ1n) is 6.50. The Morgan fingerprint density at radius 2 is 1.37 bits per heavy atom. The monoisotopic (exact) mass is 264 g/mol. The van der Waals surface area contributed by atoms with Crippen LogP contribution in [-0.4, -0.2) is 4.87 Å². The van der Waals surface area contributed by atoms with Crippen molar-refractivity contribution >= 4 is 17.2 Å². The molecule has 0 saturated carbocycles. The Hall–Kier alpha value is -1.79. The van der Waals surface area contributed by atoms with E-state index < -0.39 is 0 Å². The lowest BCUT2D eigenvalue weighted by Gasteiger charge is -2.58. The molecule has 2 aliphatic rings. The standard InChI is InChI=1S/C18H13Cl/c19-17-11-12-18(17,15-9-5-2-6-10-15)16(13-17)14-7-3-1-4-8-14/h1-13H. The summed E-state index contributed by atoms with van der Waals surface area (Å²) < 4.78 is 0. The molecule has 0 spiro atoms. The van der Waals surface area contributed by atoms with Gasteiger partial charge in [0.2, 0.25) is 0 Å². The first kappa shape index (κ1) is 11.1. The van der Waals surface area contributed by atoms with Crippen molar-refractivity contribution in [2.24, 2.45) is 0 Å². The zero-order valence-electron chi connectivity index (χ0n) is 10.4.